The van der Waals surface area contributed by atoms with E-state index in [4.69, 9.17) is 4.74 Å². The van der Waals surface area contributed by atoms with E-state index in [-0.39, 0.29) is 39.7 Å². The van der Waals surface area contributed by atoms with Gasteiger partial charge in [-0.05, 0) is 146 Å². The van der Waals surface area contributed by atoms with Gasteiger partial charge < -0.3 is 9.64 Å². The van der Waals surface area contributed by atoms with Gasteiger partial charge in [-0.2, -0.15) is 5.26 Å². The van der Waals surface area contributed by atoms with Gasteiger partial charge >= 0.3 is 5.97 Å². The first kappa shape index (κ1) is 34.7. The molecule has 11 atom stereocenters. The van der Waals surface area contributed by atoms with Crippen molar-refractivity contribution in [1.29, 1.82) is 5.26 Å². The fourth-order valence-electron chi connectivity index (χ4n) is 15.3. The molecule has 1 amide bonds. The van der Waals surface area contributed by atoms with Gasteiger partial charge in [0.2, 0.25) is 5.91 Å². The normalized spacial score (nSPS) is 45.1. The SMILES string of the molecule is CC(=O)O[C@H]1CC[C@]2(C)[C@H]3CC[C@@H]4[C@@H]5C(CC[C@H]5C5(C)CC5)[C@@H](C(=O)N5CCC(C#N)(c6ccccc6)CC5)C[C@@]4(C)[C@]3(C)CC[C@H]2C1(C)C. The van der Waals surface area contributed by atoms with E-state index in [1.165, 1.54) is 51.4 Å². The van der Waals surface area contributed by atoms with Crippen LogP contribution in [0.2, 0.25) is 0 Å². The number of esters is 1. The second-order valence-electron chi connectivity index (χ2n) is 20.4. The van der Waals surface area contributed by atoms with Crippen molar-refractivity contribution in [3.05, 3.63) is 35.9 Å². The number of fused-ring (bicyclic) bond motifs is 7. The molecule has 0 spiro atoms. The van der Waals surface area contributed by atoms with Gasteiger partial charge in [0.05, 0.1) is 11.5 Å². The average molecular weight is 681 g/mol. The minimum atomic E-state index is -0.496. The van der Waals surface area contributed by atoms with Crippen LogP contribution in [-0.2, 0) is 19.7 Å². The Bertz CT molecular complexity index is 1550. The van der Waals surface area contributed by atoms with Crippen LogP contribution in [0.15, 0.2) is 30.3 Å². The highest BCUT2D eigenvalue weighted by molar-refractivity contribution is 5.80. The number of nitriles is 1. The molecule has 6 saturated carbocycles. The Labute approximate surface area is 302 Å². The van der Waals surface area contributed by atoms with Crippen LogP contribution in [0.3, 0.4) is 0 Å². The highest BCUT2D eigenvalue weighted by Gasteiger charge is 2.72. The van der Waals surface area contributed by atoms with E-state index >= 15 is 4.79 Å². The van der Waals surface area contributed by atoms with Crippen LogP contribution in [0.1, 0.15) is 138 Å². The molecule has 50 heavy (non-hydrogen) atoms. The number of rotatable bonds is 4. The minimum Gasteiger partial charge on any atom is -0.462 e. The third-order valence-corrected chi connectivity index (χ3v) is 18.3. The van der Waals surface area contributed by atoms with E-state index in [9.17, 15) is 10.1 Å². The van der Waals surface area contributed by atoms with E-state index in [1.807, 2.05) is 18.2 Å². The van der Waals surface area contributed by atoms with Crippen LogP contribution < -0.4 is 0 Å². The average Bonchev–Trinajstić information content (AvgIpc) is 3.67. The van der Waals surface area contributed by atoms with Crippen LogP contribution in [0.25, 0.3) is 0 Å². The molecule has 1 aromatic rings. The molecule has 1 saturated heterocycles. The molecule has 0 radical (unpaired) electrons. The van der Waals surface area contributed by atoms with Gasteiger partial charge in [-0.1, -0.05) is 71.9 Å². The number of piperidine rings is 1. The summed E-state index contributed by atoms with van der Waals surface area (Å²) in [5.74, 6) is 4.12. The summed E-state index contributed by atoms with van der Waals surface area (Å²) in [5.41, 5.74) is 1.54. The van der Waals surface area contributed by atoms with Crippen LogP contribution >= 0.6 is 0 Å². The lowest BCUT2D eigenvalue weighted by Crippen LogP contribution is -2.67. The summed E-state index contributed by atoms with van der Waals surface area (Å²) in [4.78, 5) is 29.4. The zero-order valence-corrected chi connectivity index (χ0v) is 32.2. The number of carbonyl (C=O) groups is 2. The molecule has 1 aliphatic heterocycles. The third-order valence-electron chi connectivity index (χ3n) is 18.3. The number of nitrogens with zero attached hydrogens (tertiary/aromatic N) is 2. The van der Waals surface area contributed by atoms with E-state index in [0.717, 1.165) is 43.6 Å². The molecule has 1 heterocycles. The number of likely N-dealkylation sites (tertiary alicyclic amines) is 1. The van der Waals surface area contributed by atoms with Crippen molar-refractivity contribution in [2.75, 3.05) is 13.1 Å². The molecule has 5 heteroatoms. The van der Waals surface area contributed by atoms with Crippen molar-refractivity contribution in [3.63, 3.8) is 0 Å². The molecule has 5 nitrogen and oxygen atoms in total. The predicted octanol–water partition coefficient (Wildman–Crippen LogP) is 9.74. The lowest BCUT2D eigenvalue weighted by Gasteiger charge is -2.72. The zero-order valence-electron chi connectivity index (χ0n) is 32.2. The number of carbonyl (C=O) groups excluding carboxylic acids is 2. The fourth-order valence-corrected chi connectivity index (χ4v) is 15.3. The maximum absolute atomic E-state index is 15.1. The number of amides is 1. The molecular weight excluding hydrogens is 617 g/mol. The number of benzene rings is 1. The summed E-state index contributed by atoms with van der Waals surface area (Å²) in [6.07, 6.45) is 14.9. The molecule has 272 valence electrons. The highest BCUT2D eigenvalue weighted by atomic mass is 16.5. The van der Waals surface area contributed by atoms with E-state index < -0.39 is 5.41 Å². The Kier molecular flexibility index (Phi) is 8.04. The monoisotopic (exact) mass is 680 g/mol. The predicted molar refractivity (Wildman–Crippen MR) is 197 cm³/mol. The Balaban J connectivity index is 1.11. The zero-order chi connectivity index (χ0) is 35.5. The van der Waals surface area contributed by atoms with Crippen molar-refractivity contribution in [3.8, 4) is 6.07 Å². The van der Waals surface area contributed by atoms with Gasteiger partial charge in [0.15, 0.2) is 0 Å². The molecule has 1 aromatic carbocycles. The molecule has 0 N–H and O–H groups in total. The van der Waals surface area contributed by atoms with Crippen molar-refractivity contribution >= 4 is 11.9 Å². The molecule has 1 unspecified atom stereocenters. The smallest absolute Gasteiger partial charge is 0.302 e. The molecule has 8 rings (SSSR count). The summed E-state index contributed by atoms with van der Waals surface area (Å²) in [6, 6.07) is 13.0. The number of hydrogen-bond donors (Lipinski definition) is 0. The van der Waals surface area contributed by atoms with Crippen molar-refractivity contribution in [2.45, 2.75) is 143 Å². The Morgan fingerprint density at radius 3 is 2.10 bits per heavy atom. The van der Waals surface area contributed by atoms with E-state index in [1.54, 1.807) is 6.92 Å². The minimum absolute atomic E-state index is 0.00321. The Hall–Kier alpha value is -2.35. The molecular formula is C45H64N2O3. The Morgan fingerprint density at radius 1 is 0.780 bits per heavy atom. The first-order chi connectivity index (χ1) is 23.6. The van der Waals surface area contributed by atoms with Crippen LogP contribution in [0.4, 0.5) is 0 Å². The topological polar surface area (TPSA) is 70.4 Å². The van der Waals surface area contributed by atoms with Gasteiger partial charge in [-0.15, -0.1) is 0 Å². The summed E-state index contributed by atoms with van der Waals surface area (Å²) >= 11 is 0. The quantitative estimate of drug-likeness (QED) is 0.297. The second kappa shape index (κ2) is 11.6. The molecule has 6 aliphatic carbocycles. The maximum Gasteiger partial charge on any atom is 0.302 e. The summed E-state index contributed by atoms with van der Waals surface area (Å²) < 4.78 is 6.01. The number of ether oxygens (including phenoxy) is 1. The fraction of sp³-hybridized carbons (Fsp3) is 0.800. The first-order valence-corrected chi connectivity index (χ1v) is 20.6. The summed E-state index contributed by atoms with van der Waals surface area (Å²) in [5, 5.41) is 10.4. The molecule has 0 aromatic heterocycles. The maximum atomic E-state index is 15.1. The lowest BCUT2D eigenvalue weighted by molar-refractivity contribution is -0.250. The molecule has 7 fully saturated rings. The molecule has 0 bridgehead atoms. The standard InChI is InChI=1S/C45H64N2O3/c1-29(48)50-37-18-19-42(5)35(40(37,2)3)17-20-43(6)36(42)16-15-34-38-31(13-14-33(38)41(4)21-22-41)32(27-44(34,43)7)39(49)47-25-23-45(28-46,24-26-47)30-11-9-8-10-12-30/h8-12,31-38H,13-27H2,1-7H3/t31?,32-,33+,34+,35-,36+,37-,38+,42-,43+,44+/m0/s1. The summed E-state index contributed by atoms with van der Waals surface area (Å²) in [6.45, 7) is 18.3. The summed E-state index contributed by atoms with van der Waals surface area (Å²) in [7, 11) is 0. The van der Waals surface area contributed by atoms with Crippen LogP contribution in [-0.4, -0.2) is 36.0 Å². The van der Waals surface area contributed by atoms with Crippen molar-refractivity contribution in [1.82, 2.24) is 4.90 Å². The van der Waals surface area contributed by atoms with Gasteiger partial charge in [0, 0.05) is 31.3 Å². The second-order valence-corrected chi connectivity index (χ2v) is 20.4. The first-order valence-electron chi connectivity index (χ1n) is 20.6. The lowest BCUT2D eigenvalue weighted by atomic mass is 9.32. The van der Waals surface area contributed by atoms with Gasteiger partial charge in [0.25, 0.3) is 0 Å². The molecule has 7 aliphatic rings. The van der Waals surface area contributed by atoms with Crippen LogP contribution in [0.5, 0.6) is 0 Å². The van der Waals surface area contributed by atoms with Crippen molar-refractivity contribution < 1.29 is 14.3 Å². The highest BCUT2D eigenvalue weighted by Crippen LogP contribution is 2.78. The van der Waals surface area contributed by atoms with E-state index in [2.05, 4.69) is 64.6 Å². The van der Waals surface area contributed by atoms with Crippen molar-refractivity contribution in [2.24, 2.45) is 68.5 Å². The number of hydrogen-bond acceptors (Lipinski definition) is 4. The van der Waals surface area contributed by atoms with Crippen LogP contribution in [0, 0.1) is 79.8 Å². The van der Waals surface area contributed by atoms with E-state index in [0.29, 0.717) is 54.0 Å². The van der Waals surface area contributed by atoms with Gasteiger partial charge in [-0.25, -0.2) is 0 Å². The third kappa shape index (κ3) is 4.80. The Morgan fingerprint density at radius 2 is 1.46 bits per heavy atom. The van der Waals surface area contributed by atoms with Gasteiger partial charge in [-0.3, -0.25) is 9.59 Å². The van der Waals surface area contributed by atoms with Gasteiger partial charge in [0.1, 0.15) is 6.10 Å². The largest absolute Gasteiger partial charge is 0.462 e.